The van der Waals surface area contributed by atoms with Gasteiger partial charge < -0.3 is 14.2 Å². The summed E-state index contributed by atoms with van der Waals surface area (Å²) >= 11 is 3.79. The molecule has 11 heteroatoms. The second kappa shape index (κ2) is 10.6. The molecule has 4 amide bonds. The van der Waals surface area contributed by atoms with Crippen LogP contribution in [0.5, 0.6) is 11.5 Å². The molecule has 3 aliphatic carbocycles. The molecule has 230 valence electrons. The Kier molecular flexibility index (Phi) is 7.22. The number of halogens is 1. The van der Waals surface area contributed by atoms with Crippen molar-refractivity contribution in [2.24, 2.45) is 29.1 Å². The molecule has 7 rings (SSSR count). The first-order valence-corrected chi connectivity index (χ1v) is 15.6. The van der Waals surface area contributed by atoms with Crippen LogP contribution in [0.1, 0.15) is 34.6 Å². The molecule has 0 aromatic heterocycles. The van der Waals surface area contributed by atoms with Crippen LogP contribution >= 0.6 is 15.9 Å². The topological polar surface area (TPSA) is 120 Å². The molecule has 0 N–H and O–H groups in total. The third-order valence-corrected chi connectivity index (χ3v) is 11.2. The van der Waals surface area contributed by atoms with Crippen LogP contribution in [-0.2, 0) is 28.7 Å². The zero-order valence-electron chi connectivity index (χ0n) is 25.1. The molecule has 2 bridgehead atoms. The number of anilines is 2. The Bertz CT molecular complexity index is 1520. The molecule has 0 radical (unpaired) electrons. The summed E-state index contributed by atoms with van der Waals surface area (Å²) in [5.41, 5.74) is -0.258. The number of imide groups is 2. The summed E-state index contributed by atoms with van der Waals surface area (Å²) < 4.78 is 15.0. The van der Waals surface area contributed by atoms with E-state index in [1.54, 1.807) is 69.3 Å². The van der Waals surface area contributed by atoms with Crippen molar-refractivity contribution in [2.75, 3.05) is 29.6 Å². The van der Waals surface area contributed by atoms with Crippen molar-refractivity contribution in [2.45, 2.75) is 38.9 Å². The first-order chi connectivity index (χ1) is 21.0. The molecule has 3 fully saturated rings. The number of allylic oxidation sites excluding steroid dienone is 1. The lowest BCUT2D eigenvalue weighted by Crippen LogP contribution is -2.67. The Hall–Kier alpha value is -3.99. The average Bonchev–Trinajstić information content (AvgIpc) is 3.43. The summed E-state index contributed by atoms with van der Waals surface area (Å²) in [4.78, 5) is 73.4. The molecule has 10 nitrogen and oxygen atoms in total. The minimum absolute atomic E-state index is 0.0690. The van der Waals surface area contributed by atoms with Gasteiger partial charge in [0.25, 0.3) is 0 Å². The summed E-state index contributed by atoms with van der Waals surface area (Å²) in [6.45, 7) is 9.69. The van der Waals surface area contributed by atoms with E-state index in [2.05, 4.69) is 15.9 Å². The fourth-order valence-corrected chi connectivity index (χ4v) is 9.07. The van der Waals surface area contributed by atoms with Gasteiger partial charge >= 0.3 is 5.97 Å². The lowest BCUT2D eigenvalue weighted by molar-refractivity contribution is -0.152. The summed E-state index contributed by atoms with van der Waals surface area (Å²) in [5.74, 6) is -5.92. The first-order valence-electron chi connectivity index (χ1n) is 14.8. The Morgan fingerprint density at radius 3 is 1.45 bits per heavy atom. The van der Waals surface area contributed by atoms with Gasteiger partial charge in [0.1, 0.15) is 11.5 Å². The second-order valence-electron chi connectivity index (χ2n) is 11.6. The van der Waals surface area contributed by atoms with Gasteiger partial charge in [-0.1, -0.05) is 22.9 Å². The molecule has 0 spiro atoms. The van der Waals surface area contributed by atoms with Crippen molar-refractivity contribution in [3.63, 3.8) is 0 Å². The SMILES string of the molecule is CCOC(=O)C1=C(C)C2(Br)[C@H]3C(=O)N(c4ccc(OCC)cc4)C(=O)[C@@H]3C1(C)[C@H]1C(=O)N(c3ccc(OCC)cc3)C(=O)[C@@H]12. The number of nitrogens with zero attached hydrogens (tertiary/aromatic N) is 2. The third-order valence-electron chi connectivity index (χ3n) is 9.59. The van der Waals surface area contributed by atoms with Crippen molar-refractivity contribution in [3.05, 3.63) is 59.7 Å². The van der Waals surface area contributed by atoms with Crippen LogP contribution in [0.2, 0.25) is 0 Å². The Labute approximate surface area is 263 Å². The molecule has 0 unspecified atom stereocenters. The van der Waals surface area contributed by atoms with Crippen molar-refractivity contribution < 1.29 is 38.2 Å². The first kappa shape index (κ1) is 30.1. The van der Waals surface area contributed by atoms with E-state index in [1.165, 1.54) is 0 Å². The monoisotopic (exact) mass is 664 g/mol. The minimum Gasteiger partial charge on any atom is -0.494 e. The highest BCUT2D eigenvalue weighted by Gasteiger charge is 2.81. The molecule has 4 atom stereocenters. The molecule has 2 saturated heterocycles. The molecule has 44 heavy (non-hydrogen) atoms. The highest BCUT2D eigenvalue weighted by atomic mass is 79.9. The van der Waals surface area contributed by atoms with E-state index in [4.69, 9.17) is 14.2 Å². The molecule has 2 aliphatic heterocycles. The number of carbonyl (C=O) groups excluding carboxylic acids is 5. The highest BCUT2D eigenvalue weighted by Crippen LogP contribution is 2.72. The van der Waals surface area contributed by atoms with Crippen molar-refractivity contribution in [1.82, 2.24) is 0 Å². The molecule has 2 aromatic rings. The number of alkyl halides is 1. The fraction of sp³-hybridized carbons (Fsp3) is 0.424. The third kappa shape index (κ3) is 3.80. The molecule has 5 aliphatic rings. The summed E-state index contributed by atoms with van der Waals surface area (Å²) in [5, 5.41) is 0. The van der Waals surface area contributed by atoms with Gasteiger partial charge in [0, 0.05) is 11.0 Å². The standard InChI is InChI=1S/C33H33BrN2O8/c1-6-42-20-13-9-18(10-14-20)35-27(37)23-25(29(35)39)33(34)17(4)22(31(41)44-8-3)32(23,5)24-26(33)30(40)36(28(24)38)19-11-15-21(16-12-19)43-7-2/h9-16,23-26H,6-8H2,1-5H3/t23-,24-,25-,26-,32?,33?/m1/s1. The van der Waals surface area contributed by atoms with Gasteiger partial charge in [-0.15, -0.1) is 0 Å². The Morgan fingerprint density at radius 1 is 0.705 bits per heavy atom. The number of hydrogen-bond acceptors (Lipinski definition) is 8. The number of rotatable bonds is 8. The zero-order chi connectivity index (χ0) is 31.7. The van der Waals surface area contributed by atoms with Crippen LogP contribution in [0.25, 0.3) is 0 Å². The Balaban J connectivity index is 1.51. The van der Waals surface area contributed by atoms with E-state index >= 15 is 0 Å². The predicted octanol–water partition coefficient (Wildman–Crippen LogP) is 4.44. The normalized spacial score (nSPS) is 30.6. The van der Waals surface area contributed by atoms with E-state index in [0.29, 0.717) is 41.7 Å². The molecule has 1 saturated carbocycles. The van der Waals surface area contributed by atoms with Crippen LogP contribution in [0, 0.1) is 29.1 Å². The number of hydrogen-bond donors (Lipinski definition) is 0. The van der Waals surface area contributed by atoms with Crippen LogP contribution in [0.4, 0.5) is 11.4 Å². The van der Waals surface area contributed by atoms with Gasteiger partial charge in [0.05, 0.1) is 59.2 Å². The van der Waals surface area contributed by atoms with Gasteiger partial charge in [-0.05, 0) is 81.8 Å². The van der Waals surface area contributed by atoms with E-state index in [1.807, 2.05) is 13.8 Å². The average molecular weight is 666 g/mol. The maximum absolute atomic E-state index is 14.4. The van der Waals surface area contributed by atoms with E-state index in [-0.39, 0.29) is 12.2 Å². The maximum atomic E-state index is 14.4. The van der Waals surface area contributed by atoms with Gasteiger partial charge in [-0.3, -0.25) is 19.2 Å². The van der Waals surface area contributed by atoms with Crippen molar-refractivity contribution in [3.8, 4) is 11.5 Å². The minimum atomic E-state index is -1.51. The molecule has 2 heterocycles. The van der Waals surface area contributed by atoms with Crippen LogP contribution in [-0.4, -0.2) is 53.7 Å². The zero-order valence-corrected chi connectivity index (χ0v) is 26.7. The van der Waals surface area contributed by atoms with E-state index < -0.39 is 63.0 Å². The van der Waals surface area contributed by atoms with Crippen LogP contribution in [0.15, 0.2) is 59.7 Å². The highest BCUT2D eigenvalue weighted by molar-refractivity contribution is 9.10. The maximum Gasteiger partial charge on any atom is 0.334 e. The van der Waals surface area contributed by atoms with Gasteiger partial charge in [0.15, 0.2) is 0 Å². The van der Waals surface area contributed by atoms with Crippen LogP contribution < -0.4 is 19.3 Å². The molecule has 2 aromatic carbocycles. The van der Waals surface area contributed by atoms with Gasteiger partial charge in [-0.2, -0.15) is 0 Å². The smallest absolute Gasteiger partial charge is 0.334 e. The molecular formula is C33H33BrN2O8. The number of amides is 4. The lowest BCUT2D eigenvalue weighted by Gasteiger charge is -2.59. The fourth-order valence-electron chi connectivity index (χ4n) is 7.96. The predicted molar refractivity (Wildman–Crippen MR) is 163 cm³/mol. The quantitative estimate of drug-likeness (QED) is 0.231. The summed E-state index contributed by atoms with van der Waals surface area (Å²) in [6, 6.07) is 13.2. The van der Waals surface area contributed by atoms with Crippen molar-refractivity contribution >= 4 is 56.9 Å². The lowest BCUT2D eigenvalue weighted by atomic mass is 9.43. The van der Waals surface area contributed by atoms with Gasteiger partial charge in [0.2, 0.25) is 23.6 Å². The number of carbonyl (C=O) groups is 5. The summed E-state index contributed by atoms with van der Waals surface area (Å²) in [7, 11) is 0. The Morgan fingerprint density at radius 2 is 1.09 bits per heavy atom. The second-order valence-corrected chi connectivity index (χ2v) is 12.9. The van der Waals surface area contributed by atoms with Crippen LogP contribution in [0.3, 0.4) is 0 Å². The van der Waals surface area contributed by atoms with Gasteiger partial charge in [-0.25, -0.2) is 14.6 Å². The number of ether oxygens (including phenoxy) is 3. The van der Waals surface area contributed by atoms with Crippen molar-refractivity contribution in [1.29, 1.82) is 0 Å². The number of benzene rings is 2. The largest absolute Gasteiger partial charge is 0.494 e. The van der Waals surface area contributed by atoms with E-state index in [0.717, 1.165) is 9.80 Å². The molecular weight excluding hydrogens is 632 g/mol. The van der Waals surface area contributed by atoms with E-state index in [9.17, 15) is 24.0 Å². The summed E-state index contributed by atoms with van der Waals surface area (Å²) in [6.07, 6.45) is 0. The number of esters is 1.